The van der Waals surface area contributed by atoms with Crippen molar-refractivity contribution in [1.82, 2.24) is 0 Å². The van der Waals surface area contributed by atoms with E-state index in [2.05, 4.69) is 39.8 Å². The van der Waals surface area contributed by atoms with Crippen molar-refractivity contribution in [3.8, 4) is 0 Å². The highest BCUT2D eigenvalue weighted by Gasteiger charge is 2.65. The van der Waals surface area contributed by atoms with Gasteiger partial charge in [-0.15, -0.1) is 0 Å². The van der Waals surface area contributed by atoms with Gasteiger partial charge in [0, 0.05) is 0 Å². The number of hydrogen-bond acceptors (Lipinski definition) is 3. The van der Waals surface area contributed by atoms with Crippen molar-refractivity contribution in [1.29, 1.82) is 0 Å². The maximum atomic E-state index is 12.4. The normalized spacial score (nSPS) is 44.9. The van der Waals surface area contributed by atoms with E-state index in [1.807, 2.05) is 13.8 Å². The Balaban J connectivity index is 1.64. The van der Waals surface area contributed by atoms with Gasteiger partial charge in [0.05, 0.1) is 17.1 Å². The molecule has 2 saturated carbocycles. The van der Waals surface area contributed by atoms with Gasteiger partial charge in [0.25, 0.3) is 0 Å². The number of carboxylic acids is 1. The zero-order valence-corrected chi connectivity index (χ0v) is 22.6. The monoisotopic (exact) mass is 472 g/mol. The van der Waals surface area contributed by atoms with Gasteiger partial charge >= 0.3 is 5.97 Å². The molecule has 34 heavy (non-hydrogen) atoms. The number of rotatable bonds is 6. The molecule has 4 nitrogen and oxygen atoms in total. The molecule has 0 aromatic carbocycles. The highest BCUT2D eigenvalue weighted by atomic mass is 16.4. The lowest BCUT2D eigenvalue weighted by atomic mass is 9.44. The fourth-order valence-electron chi connectivity index (χ4n) is 9.00. The molecule has 8 atom stereocenters. The third-order valence-electron chi connectivity index (χ3n) is 11.5. The molecule has 192 valence electrons. The Morgan fingerprint density at radius 2 is 1.79 bits per heavy atom. The van der Waals surface area contributed by atoms with Crippen molar-refractivity contribution in [2.75, 3.05) is 0 Å². The molecule has 0 radical (unpaired) electrons. The number of aliphatic hydroxyl groups is 2. The summed E-state index contributed by atoms with van der Waals surface area (Å²) >= 11 is 0. The van der Waals surface area contributed by atoms with Crippen LogP contribution in [0.1, 0.15) is 106 Å². The summed E-state index contributed by atoms with van der Waals surface area (Å²) in [4.78, 5) is 12.4. The first-order valence-corrected chi connectivity index (χ1v) is 13.7. The minimum Gasteiger partial charge on any atom is -0.481 e. The Kier molecular flexibility index (Phi) is 6.26. The van der Waals surface area contributed by atoms with Gasteiger partial charge < -0.3 is 15.3 Å². The molecule has 4 rings (SSSR count). The summed E-state index contributed by atoms with van der Waals surface area (Å²) in [5.41, 5.74) is 1.28. The Bertz CT molecular complexity index is 896. The molecule has 0 aromatic rings. The van der Waals surface area contributed by atoms with Crippen LogP contribution >= 0.6 is 0 Å². The zero-order valence-electron chi connectivity index (χ0n) is 22.6. The van der Waals surface area contributed by atoms with Crippen LogP contribution in [0.15, 0.2) is 23.3 Å². The van der Waals surface area contributed by atoms with Crippen LogP contribution in [-0.2, 0) is 4.79 Å². The van der Waals surface area contributed by atoms with Crippen LogP contribution in [0, 0.1) is 39.4 Å². The molecule has 4 aliphatic carbocycles. The third kappa shape index (κ3) is 3.57. The first kappa shape index (κ1) is 25.9. The summed E-state index contributed by atoms with van der Waals surface area (Å²) < 4.78 is 0. The third-order valence-corrected chi connectivity index (χ3v) is 11.5. The predicted octanol–water partition coefficient (Wildman–Crippen LogP) is 6.51. The first-order valence-electron chi connectivity index (χ1n) is 13.7. The zero-order chi connectivity index (χ0) is 25.3. The summed E-state index contributed by atoms with van der Waals surface area (Å²) in [6.45, 7) is 15.3. The lowest BCUT2D eigenvalue weighted by Crippen LogP contribution is -2.58. The average molecular weight is 473 g/mol. The standard InChI is InChI=1S/C30H48O4/c1-19(9-8-15-26(2,3)34)20-12-17-29(6)22-10-11-23-27(4,21(22)13-18-28(20,29)5)16-14-24(31)30(23,7)25(32)33/h10,13,19-20,23-24,31,34H,8-9,11-12,14-18H2,1-7H3,(H,32,33)/t19-,20-,23-,24+,27-,28-,29+,30+/m1/s1. The second kappa shape index (κ2) is 8.20. The van der Waals surface area contributed by atoms with Crippen molar-refractivity contribution < 1.29 is 20.1 Å². The van der Waals surface area contributed by atoms with Gasteiger partial charge in [-0.1, -0.05) is 52.7 Å². The lowest BCUT2D eigenvalue weighted by Gasteiger charge is -2.60. The summed E-state index contributed by atoms with van der Waals surface area (Å²) in [6.07, 6.45) is 12.7. The molecular weight excluding hydrogens is 424 g/mol. The lowest BCUT2D eigenvalue weighted by molar-refractivity contribution is -0.173. The fraction of sp³-hybridized carbons (Fsp3) is 0.833. The van der Waals surface area contributed by atoms with Crippen LogP contribution in [0.4, 0.5) is 0 Å². The van der Waals surface area contributed by atoms with Crippen molar-refractivity contribution in [2.45, 2.75) is 118 Å². The van der Waals surface area contributed by atoms with Gasteiger partial charge in [-0.25, -0.2) is 0 Å². The van der Waals surface area contributed by atoms with Crippen molar-refractivity contribution >= 4 is 5.97 Å². The molecule has 4 heteroatoms. The largest absolute Gasteiger partial charge is 0.481 e. The molecule has 0 aliphatic heterocycles. The summed E-state index contributed by atoms with van der Waals surface area (Å²) in [5, 5.41) is 31.1. The van der Waals surface area contributed by atoms with Gasteiger partial charge in [0.1, 0.15) is 0 Å². The van der Waals surface area contributed by atoms with E-state index in [1.54, 1.807) is 6.92 Å². The molecule has 0 bridgehead atoms. The number of carboxylic acid groups (broad SMARTS) is 1. The molecular formula is C30H48O4. The Morgan fingerprint density at radius 1 is 1.12 bits per heavy atom. The smallest absolute Gasteiger partial charge is 0.312 e. The van der Waals surface area contributed by atoms with E-state index < -0.39 is 23.1 Å². The topological polar surface area (TPSA) is 77.8 Å². The van der Waals surface area contributed by atoms with E-state index in [0.717, 1.165) is 38.5 Å². The Labute approximate surface area is 206 Å². The minimum atomic E-state index is -1.11. The van der Waals surface area contributed by atoms with Crippen LogP contribution in [0.2, 0.25) is 0 Å². The summed E-state index contributed by atoms with van der Waals surface area (Å²) in [5.74, 6) is 0.334. The van der Waals surface area contributed by atoms with Gasteiger partial charge in [-0.3, -0.25) is 4.79 Å². The van der Waals surface area contributed by atoms with Crippen LogP contribution in [-0.4, -0.2) is 33.0 Å². The maximum Gasteiger partial charge on any atom is 0.312 e. The summed E-state index contributed by atoms with van der Waals surface area (Å²) in [7, 11) is 0. The second-order valence-electron chi connectivity index (χ2n) is 13.9. The molecule has 0 unspecified atom stereocenters. The molecule has 0 spiro atoms. The number of carbonyl (C=O) groups is 1. The van der Waals surface area contributed by atoms with E-state index in [4.69, 9.17) is 0 Å². The van der Waals surface area contributed by atoms with Crippen LogP contribution < -0.4 is 0 Å². The molecule has 0 heterocycles. The molecule has 2 fully saturated rings. The van der Waals surface area contributed by atoms with Gasteiger partial charge in [-0.05, 0) is 111 Å². The number of hydrogen-bond donors (Lipinski definition) is 3. The van der Waals surface area contributed by atoms with Crippen LogP contribution in [0.25, 0.3) is 0 Å². The quantitative estimate of drug-likeness (QED) is 0.411. The minimum absolute atomic E-state index is 0.0813. The van der Waals surface area contributed by atoms with Gasteiger partial charge in [0.2, 0.25) is 0 Å². The van der Waals surface area contributed by atoms with Gasteiger partial charge in [0.15, 0.2) is 0 Å². The van der Waals surface area contributed by atoms with E-state index in [0.29, 0.717) is 18.3 Å². The van der Waals surface area contributed by atoms with Crippen molar-refractivity contribution in [3.05, 3.63) is 23.3 Å². The van der Waals surface area contributed by atoms with Crippen LogP contribution in [0.5, 0.6) is 0 Å². The van der Waals surface area contributed by atoms with E-state index in [9.17, 15) is 20.1 Å². The molecule has 0 saturated heterocycles. The van der Waals surface area contributed by atoms with E-state index in [-0.39, 0.29) is 22.2 Å². The number of fused-ring (bicyclic) bond motifs is 5. The van der Waals surface area contributed by atoms with Crippen molar-refractivity contribution in [3.63, 3.8) is 0 Å². The highest BCUT2D eigenvalue weighted by molar-refractivity contribution is 5.76. The highest BCUT2D eigenvalue weighted by Crippen LogP contribution is 2.71. The molecule has 0 amide bonds. The predicted molar refractivity (Wildman–Crippen MR) is 136 cm³/mol. The van der Waals surface area contributed by atoms with Gasteiger partial charge in [-0.2, -0.15) is 0 Å². The number of aliphatic carboxylic acids is 1. The molecule has 4 aliphatic rings. The van der Waals surface area contributed by atoms with Crippen LogP contribution in [0.3, 0.4) is 0 Å². The molecule has 3 N–H and O–H groups in total. The first-order chi connectivity index (χ1) is 15.6. The van der Waals surface area contributed by atoms with E-state index in [1.165, 1.54) is 24.0 Å². The van der Waals surface area contributed by atoms with E-state index >= 15 is 0 Å². The Morgan fingerprint density at radius 3 is 2.41 bits per heavy atom. The van der Waals surface area contributed by atoms with Crippen molar-refractivity contribution in [2.24, 2.45) is 39.4 Å². The Hall–Kier alpha value is -1.13. The molecule has 0 aromatic heterocycles. The number of allylic oxidation sites excluding steroid dienone is 4. The number of aliphatic hydroxyl groups excluding tert-OH is 1. The second-order valence-corrected chi connectivity index (χ2v) is 13.9. The fourth-order valence-corrected chi connectivity index (χ4v) is 9.00. The maximum absolute atomic E-state index is 12.4. The average Bonchev–Trinajstić information content (AvgIpc) is 3.01. The summed E-state index contributed by atoms with van der Waals surface area (Å²) in [6, 6.07) is 0. The SMILES string of the molecule is C[C@H](CCCC(C)(C)O)[C@H]1CC[C@@]2(C)C3=CC[C@H]4[C@](C)(C(=O)O)[C@@H](O)CC[C@]4(C)C3=CC[C@]12C.